The fourth-order valence-corrected chi connectivity index (χ4v) is 3.12. The van der Waals surface area contributed by atoms with E-state index in [9.17, 15) is 14.4 Å². The van der Waals surface area contributed by atoms with Gasteiger partial charge in [-0.3, -0.25) is 14.5 Å². The van der Waals surface area contributed by atoms with Crippen molar-refractivity contribution in [3.8, 4) is 0 Å². The zero-order valence-corrected chi connectivity index (χ0v) is 15.5. The van der Waals surface area contributed by atoms with Crippen LogP contribution < -0.4 is 0 Å². The van der Waals surface area contributed by atoms with Crippen LogP contribution in [0.1, 0.15) is 45.7 Å². The number of carbonyl (C=O) groups excluding carboxylic acids is 3. The maximum absolute atomic E-state index is 13.3. The summed E-state index contributed by atoms with van der Waals surface area (Å²) in [5.74, 6) is -1.10. The highest BCUT2D eigenvalue weighted by Crippen LogP contribution is 2.39. The second kappa shape index (κ2) is 7.25. The minimum absolute atomic E-state index is 0.189. The van der Waals surface area contributed by atoms with E-state index in [1.165, 1.54) is 9.80 Å². The number of urea groups is 1. The van der Waals surface area contributed by atoms with Crippen molar-refractivity contribution in [2.45, 2.75) is 46.2 Å². The highest BCUT2D eigenvalue weighted by Gasteiger charge is 2.53. The van der Waals surface area contributed by atoms with Crippen molar-refractivity contribution in [1.82, 2.24) is 9.80 Å². The smallest absolute Gasteiger partial charge is 0.327 e. The van der Waals surface area contributed by atoms with Crippen LogP contribution in [-0.2, 0) is 14.3 Å². The topological polar surface area (TPSA) is 66.9 Å². The van der Waals surface area contributed by atoms with Crippen LogP contribution in [0.25, 0.3) is 0 Å². The van der Waals surface area contributed by atoms with Crippen LogP contribution in [0.15, 0.2) is 30.3 Å². The molecular formula is C19H26N2O4. The number of imide groups is 1. The van der Waals surface area contributed by atoms with Crippen LogP contribution in [0, 0.1) is 5.41 Å². The van der Waals surface area contributed by atoms with Gasteiger partial charge in [-0.05, 0) is 32.8 Å². The van der Waals surface area contributed by atoms with Crippen LogP contribution in [0.4, 0.5) is 4.79 Å². The lowest BCUT2D eigenvalue weighted by atomic mass is 9.85. The summed E-state index contributed by atoms with van der Waals surface area (Å²) in [4.78, 5) is 41.2. The van der Waals surface area contributed by atoms with Gasteiger partial charge in [-0.25, -0.2) is 4.79 Å². The van der Waals surface area contributed by atoms with Crippen molar-refractivity contribution in [1.29, 1.82) is 0 Å². The van der Waals surface area contributed by atoms with E-state index in [0.717, 1.165) is 5.56 Å². The first kappa shape index (κ1) is 19.0. The molecule has 0 aromatic heterocycles. The van der Waals surface area contributed by atoms with E-state index < -0.39 is 29.4 Å². The van der Waals surface area contributed by atoms with Gasteiger partial charge in [0.1, 0.15) is 5.41 Å². The summed E-state index contributed by atoms with van der Waals surface area (Å²) in [6.45, 7) is 7.08. The Morgan fingerprint density at radius 1 is 1.20 bits per heavy atom. The molecule has 0 saturated carbocycles. The van der Waals surface area contributed by atoms with Gasteiger partial charge in [0, 0.05) is 7.05 Å². The summed E-state index contributed by atoms with van der Waals surface area (Å²) >= 11 is 0. The molecule has 3 atom stereocenters. The summed E-state index contributed by atoms with van der Waals surface area (Å²) in [6, 6.07) is 8.39. The minimum atomic E-state index is -1.39. The summed E-state index contributed by atoms with van der Waals surface area (Å²) in [5.41, 5.74) is -0.521. The molecule has 1 aliphatic rings. The molecule has 1 aromatic rings. The first-order valence-corrected chi connectivity index (χ1v) is 8.62. The van der Waals surface area contributed by atoms with Crippen molar-refractivity contribution in [3.05, 3.63) is 35.9 Å². The number of nitrogens with zero attached hydrogens (tertiary/aromatic N) is 2. The maximum Gasteiger partial charge on any atom is 0.327 e. The molecule has 1 fully saturated rings. The lowest BCUT2D eigenvalue weighted by Gasteiger charge is -2.32. The van der Waals surface area contributed by atoms with Gasteiger partial charge in [0.05, 0.1) is 18.7 Å². The average molecular weight is 346 g/mol. The van der Waals surface area contributed by atoms with Crippen LogP contribution in [0.2, 0.25) is 0 Å². The molecule has 0 N–H and O–H groups in total. The van der Waals surface area contributed by atoms with Crippen LogP contribution in [0.3, 0.4) is 0 Å². The number of amides is 3. The monoisotopic (exact) mass is 346 g/mol. The zero-order chi connectivity index (χ0) is 18.8. The Morgan fingerprint density at radius 3 is 2.32 bits per heavy atom. The molecule has 0 radical (unpaired) electrons. The van der Waals surface area contributed by atoms with E-state index >= 15 is 0 Å². The number of ether oxygens (including phenoxy) is 1. The molecule has 0 unspecified atom stereocenters. The first-order chi connectivity index (χ1) is 11.8. The van der Waals surface area contributed by atoms with Gasteiger partial charge < -0.3 is 9.64 Å². The predicted octanol–water partition coefficient (Wildman–Crippen LogP) is 2.99. The van der Waals surface area contributed by atoms with Gasteiger partial charge >= 0.3 is 12.0 Å². The molecular weight excluding hydrogens is 320 g/mol. The summed E-state index contributed by atoms with van der Waals surface area (Å²) in [5, 5.41) is 0. The molecule has 0 spiro atoms. The third kappa shape index (κ3) is 3.13. The maximum atomic E-state index is 13.3. The number of likely N-dealkylation sites (N-methyl/N-ethyl adjacent to an activating group) is 1. The Bertz CT molecular complexity index is 661. The Morgan fingerprint density at radius 2 is 1.80 bits per heavy atom. The molecule has 1 heterocycles. The summed E-state index contributed by atoms with van der Waals surface area (Å²) in [7, 11) is 1.67. The van der Waals surface area contributed by atoms with Gasteiger partial charge in [-0.2, -0.15) is 0 Å². The highest BCUT2D eigenvalue weighted by molar-refractivity contribution is 6.09. The van der Waals surface area contributed by atoms with Crippen molar-refractivity contribution < 1.29 is 19.1 Å². The second-order valence-electron chi connectivity index (χ2n) is 6.57. The first-order valence-electron chi connectivity index (χ1n) is 8.62. The van der Waals surface area contributed by atoms with Crippen LogP contribution in [0.5, 0.6) is 0 Å². The van der Waals surface area contributed by atoms with E-state index in [1.807, 2.05) is 37.3 Å². The number of hydrogen-bond acceptors (Lipinski definition) is 4. The molecule has 6 heteroatoms. The number of rotatable bonds is 5. The van der Waals surface area contributed by atoms with Crippen LogP contribution >= 0.6 is 0 Å². The number of benzene rings is 1. The molecule has 136 valence electrons. The lowest BCUT2D eigenvalue weighted by molar-refractivity contribution is -0.163. The van der Waals surface area contributed by atoms with E-state index in [0.29, 0.717) is 0 Å². The standard InChI is InChI=1S/C19H26N2O4/c1-6-19(4,17(23)25-7-2)16(22)21-15(13(3)20(5)18(21)24)14-11-9-8-10-12-14/h8-13,15H,6-7H2,1-5H3/t13-,15-,19-/m1/s1. The van der Waals surface area contributed by atoms with E-state index in [2.05, 4.69) is 0 Å². The van der Waals surface area contributed by atoms with Crippen molar-refractivity contribution in [2.75, 3.05) is 13.7 Å². The molecule has 1 aliphatic heterocycles. The zero-order valence-electron chi connectivity index (χ0n) is 15.5. The predicted molar refractivity (Wildman–Crippen MR) is 93.7 cm³/mol. The largest absolute Gasteiger partial charge is 0.465 e. The molecule has 0 bridgehead atoms. The Labute approximate surface area is 148 Å². The van der Waals surface area contributed by atoms with Gasteiger partial charge in [-0.15, -0.1) is 0 Å². The average Bonchev–Trinajstić information content (AvgIpc) is 2.85. The fourth-order valence-electron chi connectivity index (χ4n) is 3.12. The quantitative estimate of drug-likeness (QED) is 0.607. The van der Waals surface area contributed by atoms with Gasteiger partial charge in [0.25, 0.3) is 0 Å². The molecule has 1 saturated heterocycles. The van der Waals surface area contributed by atoms with Gasteiger partial charge in [0.2, 0.25) is 5.91 Å². The third-order valence-electron chi connectivity index (χ3n) is 5.12. The summed E-state index contributed by atoms with van der Waals surface area (Å²) < 4.78 is 5.10. The lowest BCUT2D eigenvalue weighted by Crippen LogP contribution is -2.49. The van der Waals surface area contributed by atoms with Crippen molar-refractivity contribution in [3.63, 3.8) is 0 Å². The second-order valence-corrected chi connectivity index (χ2v) is 6.57. The Hall–Kier alpha value is -2.37. The Balaban J connectivity index is 2.47. The van der Waals surface area contributed by atoms with E-state index in [1.54, 1.807) is 27.8 Å². The molecule has 25 heavy (non-hydrogen) atoms. The highest BCUT2D eigenvalue weighted by atomic mass is 16.5. The molecule has 1 aromatic carbocycles. The number of carbonyl (C=O) groups is 3. The van der Waals surface area contributed by atoms with Crippen molar-refractivity contribution >= 4 is 17.9 Å². The van der Waals surface area contributed by atoms with Crippen LogP contribution in [-0.4, -0.2) is 47.4 Å². The normalized spacial score (nSPS) is 22.7. The molecule has 0 aliphatic carbocycles. The third-order valence-corrected chi connectivity index (χ3v) is 5.12. The molecule has 2 rings (SSSR count). The van der Waals surface area contributed by atoms with Gasteiger partial charge in [-0.1, -0.05) is 37.3 Å². The van der Waals surface area contributed by atoms with E-state index in [-0.39, 0.29) is 19.1 Å². The molecule has 6 nitrogen and oxygen atoms in total. The Kier molecular flexibility index (Phi) is 5.50. The van der Waals surface area contributed by atoms with Gasteiger partial charge in [0.15, 0.2) is 0 Å². The summed E-state index contributed by atoms with van der Waals surface area (Å²) in [6.07, 6.45) is 0.258. The minimum Gasteiger partial charge on any atom is -0.465 e. The van der Waals surface area contributed by atoms with E-state index in [4.69, 9.17) is 4.74 Å². The number of hydrogen-bond donors (Lipinski definition) is 0. The SMILES string of the molecule is CCOC(=O)[C@](C)(CC)C(=O)N1C(=O)N(C)[C@H](C)[C@@H]1c1ccccc1. The molecule has 3 amide bonds. The fraction of sp³-hybridized carbons (Fsp3) is 0.526. The van der Waals surface area contributed by atoms with Crippen molar-refractivity contribution in [2.24, 2.45) is 5.41 Å². The number of esters is 1.